The molecule has 7 heteroatoms. The quantitative estimate of drug-likeness (QED) is 0.725. The first kappa shape index (κ1) is 18.4. The molecule has 1 unspecified atom stereocenters. The third-order valence-electron chi connectivity index (χ3n) is 4.24. The van der Waals surface area contributed by atoms with Gasteiger partial charge in [0, 0.05) is 19.4 Å². The van der Waals surface area contributed by atoms with Crippen LogP contribution in [0.3, 0.4) is 0 Å². The van der Waals surface area contributed by atoms with Crippen LogP contribution in [0.4, 0.5) is 4.39 Å². The molecule has 0 spiro atoms. The molecule has 0 bridgehead atoms. The molecule has 0 saturated carbocycles. The Bertz CT molecular complexity index is 938. The van der Waals surface area contributed by atoms with E-state index in [2.05, 4.69) is 10.3 Å². The lowest BCUT2D eigenvalue weighted by Gasteiger charge is -2.20. The minimum absolute atomic E-state index is 0.332. The van der Waals surface area contributed by atoms with Crippen molar-refractivity contribution >= 4 is 5.91 Å². The molecular weight excluding hydrogens is 349 g/mol. The van der Waals surface area contributed by atoms with Crippen molar-refractivity contribution in [1.82, 2.24) is 14.9 Å². The summed E-state index contributed by atoms with van der Waals surface area (Å²) in [5.41, 5.74) is 1.04. The van der Waals surface area contributed by atoms with Crippen LogP contribution < -0.4 is 14.8 Å². The van der Waals surface area contributed by atoms with E-state index in [1.165, 1.54) is 26.4 Å². The number of carbonyl (C=O) groups is 1. The Labute approximate surface area is 156 Å². The summed E-state index contributed by atoms with van der Waals surface area (Å²) in [6.45, 7) is 0. The van der Waals surface area contributed by atoms with Crippen LogP contribution >= 0.6 is 0 Å². The van der Waals surface area contributed by atoms with Crippen LogP contribution in [0.25, 0.3) is 0 Å². The highest BCUT2D eigenvalue weighted by Gasteiger charge is 2.24. The minimum atomic E-state index is -0.561. The largest absolute Gasteiger partial charge is 0.493 e. The number of halogens is 1. The van der Waals surface area contributed by atoms with Gasteiger partial charge in [-0.25, -0.2) is 9.37 Å². The van der Waals surface area contributed by atoms with Crippen molar-refractivity contribution in [2.45, 2.75) is 6.04 Å². The summed E-state index contributed by atoms with van der Waals surface area (Å²) in [7, 11) is 4.82. The lowest BCUT2D eigenvalue weighted by atomic mass is 10.0. The number of rotatable bonds is 6. The number of imidazole rings is 1. The minimum Gasteiger partial charge on any atom is -0.493 e. The molecule has 0 aliphatic carbocycles. The Hall–Kier alpha value is -3.35. The molecule has 1 N–H and O–H groups in total. The average molecular weight is 369 g/mol. The molecule has 3 rings (SSSR count). The second kappa shape index (κ2) is 7.90. The number of nitrogens with one attached hydrogen (secondary N) is 1. The number of hydrogen-bond acceptors (Lipinski definition) is 4. The first-order chi connectivity index (χ1) is 13.0. The van der Waals surface area contributed by atoms with Crippen LogP contribution in [-0.4, -0.2) is 29.7 Å². The number of benzene rings is 2. The monoisotopic (exact) mass is 369 g/mol. The molecule has 0 aliphatic heterocycles. The predicted octanol–water partition coefficient (Wildman–Crippen LogP) is 3.10. The molecule has 1 aromatic heterocycles. The number of aromatic nitrogens is 2. The van der Waals surface area contributed by atoms with E-state index in [1.807, 2.05) is 7.05 Å². The van der Waals surface area contributed by atoms with E-state index < -0.39 is 6.04 Å². The van der Waals surface area contributed by atoms with Crippen molar-refractivity contribution in [2.24, 2.45) is 7.05 Å². The van der Waals surface area contributed by atoms with E-state index in [0.29, 0.717) is 28.5 Å². The lowest BCUT2D eigenvalue weighted by Crippen LogP contribution is -2.31. The predicted molar refractivity (Wildman–Crippen MR) is 98.5 cm³/mol. The van der Waals surface area contributed by atoms with Crippen molar-refractivity contribution in [1.29, 1.82) is 0 Å². The zero-order valence-corrected chi connectivity index (χ0v) is 15.3. The molecule has 2 aromatic carbocycles. The highest BCUT2D eigenvalue weighted by Crippen LogP contribution is 2.31. The molecule has 1 amide bonds. The molecule has 3 aromatic rings. The van der Waals surface area contributed by atoms with Gasteiger partial charge in [0.15, 0.2) is 11.5 Å². The van der Waals surface area contributed by atoms with Crippen LogP contribution in [0.5, 0.6) is 11.5 Å². The Morgan fingerprint density at radius 3 is 2.48 bits per heavy atom. The first-order valence-electron chi connectivity index (χ1n) is 8.29. The van der Waals surface area contributed by atoms with E-state index in [-0.39, 0.29) is 11.7 Å². The molecule has 1 atom stereocenters. The first-order valence-corrected chi connectivity index (χ1v) is 8.29. The van der Waals surface area contributed by atoms with E-state index in [9.17, 15) is 9.18 Å². The van der Waals surface area contributed by atoms with Gasteiger partial charge in [-0.1, -0.05) is 18.2 Å². The summed E-state index contributed by atoms with van der Waals surface area (Å²) in [5.74, 6) is 0.716. The fraction of sp³-hybridized carbons (Fsp3) is 0.200. The van der Waals surface area contributed by atoms with Gasteiger partial charge in [-0.05, 0) is 29.8 Å². The van der Waals surface area contributed by atoms with Crippen molar-refractivity contribution in [3.63, 3.8) is 0 Å². The Morgan fingerprint density at radius 2 is 1.89 bits per heavy atom. The third-order valence-corrected chi connectivity index (χ3v) is 4.24. The van der Waals surface area contributed by atoms with Crippen LogP contribution in [-0.2, 0) is 7.05 Å². The average Bonchev–Trinajstić information content (AvgIpc) is 3.11. The Kier molecular flexibility index (Phi) is 5.40. The number of methoxy groups -OCH3 is 2. The number of aryl methyl sites for hydroxylation is 1. The molecule has 0 radical (unpaired) electrons. The van der Waals surface area contributed by atoms with Crippen molar-refractivity contribution in [3.05, 3.63) is 77.6 Å². The molecule has 6 nitrogen and oxygen atoms in total. The van der Waals surface area contributed by atoms with Gasteiger partial charge >= 0.3 is 0 Å². The van der Waals surface area contributed by atoms with Gasteiger partial charge in [0.05, 0.1) is 19.8 Å². The van der Waals surface area contributed by atoms with Crippen LogP contribution in [0.2, 0.25) is 0 Å². The second-order valence-corrected chi connectivity index (χ2v) is 5.90. The summed E-state index contributed by atoms with van der Waals surface area (Å²) in [6, 6.07) is 10.5. The maximum absolute atomic E-state index is 13.3. The van der Waals surface area contributed by atoms with Crippen molar-refractivity contribution < 1.29 is 18.7 Å². The normalized spacial score (nSPS) is 11.7. The van der Waals surface area contributed by atoms with E-state index in [4.69, 9.17) is 9.47 Å². The van der Waals surface area contributed by atoms with Gasteiger partial charge in [0.25, 0.3) is 5.91 Å². The number of carbonyl (C=O) groups excluding carboxylic acids is 1. The molecular formula is C20H20FN3O3. The van der Waals surface area contributed by atoms with E-state index in [1.54, 1.807) is 47.3 Å². The summed E-state index contributed by atoms with van der Waals surface area (Å²) in [4.78, 5) is 17.3. The topological polar surface area (TPSA) is 65.4 Å². The molecule has 140 valence electrons. The van der Waals surface area contributed by atoms with E-state index >= 15 is 0 Å². The lowest BCUT2D eigenvalue weighted by molar-refractivity contribution is 0.0937. The Morgan fingerprint density at radius 1 is 1.15 bits per heavy atom. The zero-order valence-electron chi connectivity index (χ0n) is 15.3. The highest BCUT2D eigenvalue weighted by molar-refractivity contribution is 5.98. The van der Waals surface area contributed by atoms with Gasteiger partial charge in [-0.2, -0.15) is 0 Å². The summed E-state index contributed by atoms with van der Waals surface area (Å²) < 4.78 is 25.8. The van der Waals surface area contributed by atoms with Crippen LogP contribution in [0.1, 0.15) is 27.8 Å². The number of hydrogen-bond donors (Lipinski definition) is 1. The van der Waals surface area contributed by atoms with Gasteiger partial charge in [-0.3, -0.25) is 4.79 Å². The summed E-state index contributed by atoms with van der Waals surface area (Å²) in [6.07, 6.45) is 3.42. The Balaban J connectivity index is 1.99. The SMILES string of the molecule is COc1cccc(C(=O)NC(c2ccc(F)cc2)c2nccn2C)c1OC. The fourth-order valence-corrected chi connectivity index (χ4v) is 2.88. The molecule has 1 heterocycles. The highest BCUT2D eigenvalue weighted by atomic mass is 19.1. The van der Waals surface area contributed by atoms with Crippen molar-refractivity contribution in [2.75, 3.05) is 14.2 Å². The number of nitrogens with zero attached hydrogens (tertiary/aromatic N) is 2. The molecule has 0 fully saturated rings. The maximum atomic E-state index is 13.3. The second-order valence-electron chi connectivity index (χ2n) is 5.90. The molecule has 27 heavy (non-hydrogen) atoms. The number of ether oxygens (including phenoxy) is 2. The van der Waals surface area contributed by atoms with Gasteiger partial charge in [0.2, 0.25) is 0 Å². The number of amides is 1. The van der Waals surface area contributed by atoms with Crippen molar-refractivity contribution in [3.8, 4) is 11.5 Å². The van der Waals surface area contributed by atoms with Gasteiger partial charge in [-0.15, -0.1) is 0 Å². The number of para-hydroxylation sites is 1. The van der Waals surface area contributed by atoms with Crippen LogP contribution in [0, 0.1) is 5.82 Å². The van der Waals surface area contributed by atoms with Gasteiger partial charge in [0.1, 0.15) is 17.7 Å². The molecule has 0 aliphatic rings. The maximum Gasteiger partial charge on any atom is 0.256 e. The third kappa shape index (κ3) is 3.76. The summed E-state index contributed by atoms with van der Waals surface area (Å²) in [5, 5.41) is 2.96. The summed E-state index contributed by atoms with van der Waals surface area (Å²) >= 11 is 0. The molecule has 0 saturated heterocycles. The zero-order chi connectivity index (χ0) is 19.4. The van der Waals surface area contributed by atoms with Gasteiger partial charge < -0.3 is 19.4 Å². The van der Waals surface area contributed by atoms with E-state index in [0.717, 1.165) is 0 Å². The van der Waals surface area contributed by atoms with Crippen LogP contribution in [0.15, 0.2) is 54.9 Å². The standard InChI is InChI=1S/C20H20FN3O3/c1-24-12-11-22-19(24)17(13-7-9-14(21)10-8-13)23-20(25)15-5-4-6-16(26-2)18(15)27-3/h4-12,17H,1-3H3,(H,23,25). The smallest absolute Gasteiger partial charge is 0.256 e. The fourth-order valence-electron chi connectivity index (χ4n) is 2.88.